The number of carbonyl (C=O) groups excluding carboxylic acids is 4. The molecular weight excluding hydrogens is 614 g/mol. The fourth-order valence-electron chi connectivity index (χ4n) is 5.70. The summed E-state index contributed by atoms with van der Waals surface area (Å²) in [4.78, 5) is 64.6. The Morgan fingerprint density at radius 2 is 1.62 bits per heavy atom. The van der Waals surface area contributed by atoms with Crippen molar-refractivity contribution in [3.05, 3.63) is 69.8 Å². The van der Waals surface area contributed by atoms with E-state index in [0.29, 0.717) is 12.2 Å². The number of nitro benzene ring substituents is 1. The summed E-state index contributed by atoms with van der Waals surface area (Å²) in [6.07, 6.45) is 0.714. The van der Waals surface area contributed by atoms with E-state index in [2.05, 4.69) is 31.9 Å². The summed E-state index contributed by atoms with van der Waals surface area (Å²) in [5.74, 6) is -3.22. The first-order valence-corrected chi connectivity index (χ1v) is 13.4. The van der Waals surface area contributed by atoms with Gasteiger partial charge in [0.25, 0.3) is 23.4 Å². The van der Waals surface area contributed by atoms with E-state index in [4.69, 9.17) is 4.74 Å². The van der Waals surface area contributed by atoms with Crippen molar-refractivity contribution in [2.45, 2.75) is 16.1 Å². The average molecular weight is 635 g/mol. The van der Waals surface area contributed by atoms with Gasteiger partial charge in [0, 0.05) is 32.9 Å². The number of rotatable bonds is 7. The minimum atomic E-state index is -0.786. The van der Waals surface area contributed by atoms with E-state index in [-0.39, 0.29) is 38.3 Å². The Morgan fingerprint density at radius 3 is 2.16 bits per heavy atom. The predicted molar refractivity (Wildman–Crippen MR) is 137 cm³/mol. The summed E-state index contributed by atoms with van der Waals surface area (Å²) in [5.41, 5.74) is 0.0179. The molecule has 2 aromatic carbocycles. The molecule has 3 fully saturated rings. The van der Waals surface area contributed by atoms with E-state index in [1.807, 2.05) is 0 Å². The van der Waals surface area contributed by atoms with Crippen LogP contribution >= 0.6 is 31.9 Å². The van der Waals surface area contributed by atoms with Crippen molar-refractivity contribution >= 4 is 61.1 Å². The number of nitro groups is 1. The second-order valence-corrected chi connectivity index (χ2v) is 11.4. The van der Waals surface area contributed by atoms with Crippen molar-refractivity contribution in [2.24, 2.45) is 23.7 Å². The lowest BCUT2D eigenvalue weighted by molar-refractivity contribution is -0.384. The summed E-state index contributed by atoms with van der Waals surface area (Å²) in [5, 5.41) is 12.7. The third-order valence-corrected chi connectivity index (χ3v) is 10.7. The number of imide groups is 1. The molecule has 192 valence electrons. The normalized spacial score (nSPS) is 27.8. The number of hydrazine groups is 1. The largest absolute Gasteiger partial charge is 0.497 e. The molecule has 0 radical (unpaired) electrons. The molecule has 3 amide bonds. The summed E-state index contributed by atoms with van der Waals surface area (Å²) in [6, 6.07) is 11.1. The van der Waals surface area contributed by atoms with Gasteiger partial charge < -0.3 is 4.74 Å². The highest BCUT2D eigenvalue weighted by Gasteiger charge is 2.67. The lowest BCUT2D eigenvalue weighted by atomic mass is 9.81. The quantitative estimate of drug-likeness (QED) is 0.150. The molecular formula is C25H21Br2N3O7. The third-order valence-electron chi connectivity index (χ3n) is 7.45. The molecule has 3 aliphatic rings. The highest BCUT2D eigenvalue weighted by molar-refractivity contribution is 9.12. The molecule has 2 aliphatic carbocycles. The van der Waals surface area contributed by atoms with E-state index in [9.17, 15) is 29.3 Å². The first-order valence-electron chi connectivity index (χ1n) is 11.5. The van der Waals surface area contributed by atoms with Gasteiger partial charge in [-0.2, -0.15) is 5.01 Å². The van der Waals surface area contributed by atoms with Crippen LogP contribution in [0.5, 0.6) is 5.75 Å². The van der Waals surface area contributed by atoms with E-state index >= 15 is 0 Å². The molecule has 2 bridgehead atoms. The van der Waals surface area contributed by atoms with Crippen LogP contribution in [0.4, 0.5) is 5.69 Å². The second kappa shape index (κ2) is 9.64. The first kappa shape index (κ1) is 25.5. The lowest BCUT2D eigenvalue weighted by Gasteiger charge is -2.30. The molecule has 2 aromatic rings. The van der Waals surface area contributed by atoms with Gasteiger partial charge >= 0.3 is 0 Å². The number of carbonyl (C=O) groups is 4. The van der Waals surface area contributed by atoms with Gasteiger partial charge in [-0.1, -0.05) is 44.0 Å². The van der Waals surface area contributed by atoms with E-state index in [0.717, 1.165) is 22.2 Å². The number of benzene rings is 2. The lowest BCUT2D eigenvalue weighted by Crippen LogP contribution is -2.52. The van der Waals surface area contributed by atoms with Crippen LogP contribution in [0.25, 0.3) is 0 Å². The number of alkyl halides is 2. The molecule has 1 aliphatic heterocycles. The number of ether oxygens (including phenoxy) is 1. The van der Waals surface area contributed by atoms with Gasteiger partial charge in [-0.05, 0) is 42.5 Å². The van der Waals surface area contributed by atoms with Crippen LogP contribution in [0.15, 0.2) is 48.5 Å². The Labute approximate surface area is 228 Å². The summed E-state index contributed by atoms with van der Waals surface area (Å²) in [6.45, 7) is -0.579. The number of non-ortho nitro benzene ring substituents is 1. The van der Waals surface area contributed by atoms with Crippen molar-refractivity contribution < 1.29 is 28.8 Å². The Hall–Kier alpha value is -3.12. The highest BCUT2D eigenvalue weighted by atomic mass is 79.9. The predicted octanol–water partition coefficient (Wildman–Crippen LogP) is 3.62. The average Bonchev–Trinajstić information content (AvgIpc) is 3.51. The summed E-state index contributed by atoms with van der Waals surface area (Å²) < 4.78 is 5.18. The summed E-state index contributed by atoms with van der Waals surface area (Å²) >= 11 is 7.28. The number of hydrogen-bond donors (Lipinski definition) is 0. The molecule has 37 heavy (non-hydrogen) atoms. The van der Waals surface area contributed by atoms with Crippen molar-refractivity contribution in [1.29, 1.82) is 0 Å². The standard InChI is InChI=1S/C25H21Br2N3O7/c1-37-15-4-2-3-13(9-15)18(31)11-28(23(32)12-5-7-14(8-6-12)30(35)36)29-24(33)19-16-10-17(20(19)25(29)34)22(27)21(16)26/h2-9,16-17,19-22H,10-11H2,1H3/t16-,17-,19-,20-,21-,22+/m1/s1. The SMILES string of the molecule is COc1cccc(C(=O)CN(C(=O)c2ccc([N+](=O)[O-])cc2)N2C(=O)[C@@H]3[C@H]4C[C@@H]([C@@H](Br)[C@H]4Br)[C@H]3C2=O)c1. The number of halogens is 2. The van der Waals surface area contributed by atoms with Crippen LogP contribution in [0.1, 0.15) is 27.1 Å². The molecule has 10 nitrogen and oxygen atoms in total. The van der Waals surface area contributed by atoms with Crippen LogP contribution in [-0.4, -0.2) is 61.8 Å². The van der Waals surface area contributed by atoms with Gasteiger partial charge in [-0.15, -0.1) is 0 Å². The number of Topliss-reactive ketones (excluding diaryl/α,β-unsaturated/α-hetero) is 1. The fourth-order valence-corrected chi connectivity index (χ4v) is 7.58. The molecule has 2 saturated carbocycles. The number of hydrogen-bond acceptors (Lipinski definition) is 7. The van der Waals surface area contributed by atoms with Gasteiger partial charge in [0.05, 0.1) is 23.9 Å². The van der Waals surface area contributed by atoms with Crippen molar-refractivity contribution in [3.63, 3.8) is 0 Å². The zero-order valence-electron chi connectivity index (χ0n) is 19.5. The minimum Gasteiger partial charge on any atom is -0.497 e. The molecule has 0 unspecified atom stereocenters. The van der Waals surface area contributed by atoms with Crippen LogP contribution < -0.4 is 4.74 Å². The topological polar surface area (TPSA) is 127 Å². The Balaban J connectivity index is 1.50. The van der Waals surface area contributed by atoms with Crippen molar-refractivity contribution in [2.75, 3.05) is 13.7 Å². The maximum absolute atomic E-state index is 13.6. The summed E-state index contributed by atoms with van der Waals surface area (Å²) in [7, 11) is 1.46. The molecule has 1 saturated heterocycles. The smallest absolute Gasteiger partial charge is 0.273 e. The maximum atomic E-state index is 13.6. The monoisotopic (exact) mass is 633 g/mol. The molecule has 5 rings (SSSR count). The first-order chi connectivity index (χ1) is 17.6. The zero-order chi connectivity index (χ0) is 26.6. The molecule has 0 spiro atoms. The van der Waals surface area contributed by atoms with Gasteiger partial charge in [0.2, 0.25) is 0 Å². The number of amides is 3. The van der Waals surface area contributed by atoms with Crippen molar-refractivity contribution in [1.82, 2.24) is 10.0 Å². The molecule has 0 aromatic heterocycles. The van der Waals surface area contributed by atoms with Gasteiger partial charge in [0.1, 0.15) is 12.3 Å². The van der Waals surface area contributed by atoms with Crippen LogP contribution in [0.3, 0.4) is 0 Å². The Kier molecular flexibility index (Phi) is 6.65. The van der Waals surface area contributed by atoms with Gasteiger partial charge in [-0.25, -0.2) is 5.01 Å². The maximum Gasteiger partial charge on any atom is 0.273 e. The van der Waals surface area contributed by atoms with E-state index in [1.54, 1.807) is 18.2 Å². The molecule has 0 N–H and O–H groups in total. The van der Waals surface area contributed by atoms with Gasteiger partial charge in [-0.3, -0.25) is 29.3 Å². The third kappa shape index (κ3) is 4.15. The Morgan fingerprint density at radius 1 is 1.03 bits per heavy atom. The van der Waals surface area contributed by atoms with Crippen molar-refractivity contribution in [3.8, 4) is 5.75 Å². The number of nitrogens with zero attached hydrogens (tertiary/aromatic N) is 3. The zero-order valence-corrected chi connectivity index (χ0v) is 22.6. The molecule has 12 heteroatoms. The van der Waals surface area contributed by atoms with Crippen LogP contribution in [0.2, 0.25) is 0 Å². The Bertz CT molecular complexity index is 1290. The minimum absolute atomic E-state index is 0.00131. The van der Waals surface area contributed by atoms with Gasteiger partial charge in [0.15, 0.2) is 5.78 Å². The second-order valence-electron chi connectivity index (χ2n) is 9.31. The number of fused-ring (bicyclic) bond motifs is 5. The van der Waals surface area contributed by atoms with E-state index < -0.39 is 46.8 Å². The fraction of sp³-hybridized carbons (Fsp3) is 0.360. The number of ketones is 1. The van der Waals surface area contributed by atoms with Crippen LogP contribution in [0, 0.1) is 33.8 Å². The van der Waals surface area contributed by atoms with E-state index in [1.165, 1.54) is 25.3 Å². The highest BCUT2D eigenvalue weighted by Crippen LogP contribution is 2.60. The number of methoxy groups -OCH3 is 1. The molecule has 1 heterocycles. The van der Waals surface area contributed by atoms with Crippen LogP contribution in [-0.2, 0) is 9.59 Å². The molecule has 6 atom stereocenters.